The molecule has 0 amide bonds. The van der Waals surface area contributed by atoms with E-state index in [1.165, 1.54) is 36.9 Å². The van der Waals surface area contributed by atoms with E-state index in [9.17, 15) is 5.11 Å². The third kappa shape index (κ3) is 2.81. The molecule has 0 aromatic carbocycles. The maximum atomic E-state index is 10.3. The van der Waals surface area contributed by atoms with Crippen molar-refractivity contribution in [2.45, 2.75) is 71.9 Å². The first kappa shape index (κ1) is 14.2. The molecule has 0 bridgehead atoms. The molecule has 2 nitrogen and oxygen atoms in total. The average molecular weight is 275 g/mol. The molecular weight excluding hydrogens is 246 g/mol. The van der Waals surface area contributed by atoms with E-state index in [0.717, 1.165) is 31.2 Å². The van der Waals surface area contributed by atoms with Crippen LogP contribution in [0, 0.1) is 17.3 Å². The smallest absolute Gasteiger partial charge is 0.0812 e. The SMILES string of the molecule is CC1CCCC(Cn2ccc3c2CC(C)(C)CC3O)C1. The lowest BCUT2D eigenvalue weighted by atomic mass is 9.75. The molecule has 112 valence electrons. The second kappa shape index (κ2) is 5.22. The van der Waals surface area contributed by atoms with Crippen molar-refractivity contribution in [3.05, 3.63) is 23.5 Å². The number of aromatic nitrogens is 1. The molecule has 2 heteroatoms. The zero-order chi connectivity index (χ0) is 14.3. The molecule has 3 atom stereocenters. The zero-order valence-corrected chi connectivity index (χ0v) is 13.2. The number of fused-ring (bicyclic) bond motifs is 1. The van der Waals surface area contributed by atoms with E-state index >= 15 is 0 Å². The minimum atomic E-state index is -0.264. The number of rotatable bonds is 2. The molecule has 0 radical (unpaired) electrons. The Bertz CT molecular complexity index is 474. The summed E-state index contributed by atoms with van der Waals surface area (Å²) in [5.74, 6) is 1.72. The summed E-state index contributed by atoms with van der Waals surface area (Å²) < 4.78 is 2.45. The quantitative estimate of drug-likeness (QED) is 0.854. The van der Waals surface area contributed by atoms with Crippen molar-refractivity contribution in [3.63, 3.8) is 0 Å². The van der Waals surface area contributed by atoms with Crippen LogP contribution in [0.1, 0.15) is 70.2 Å². The van der Waals surface area contributed by atoms with E-state index in [2.05, 4.69) is 37.6 Å². The Morgan fingerprint density at radius 1 is 1.35 bits per heavy atom. The van der Waals surface area contributed by atoms with Gasteiger partial charge < -0.3 is 9.67 Å². The second-order valence-electron chi connectivity index (χ2n) is 8.07. The fourth-order valence-electron chi connectivity index (χ4n) is 4.36. The van der Waals surface area contributed by atoms with Crippen LogP contribution in [-0.2, 0) is 13.0 Å². The highest BCUT2D eigenvalue weighted by Crippen LogP contribution is 2.41. The highest BCUT2D eigenvalue weighted by molar-refractivity contribution is 5.29. The van der Waals surface area contributed by atoms with Gasteiger partial charge in [-0.05, 0) is 49.0 Å². The molecule has 1 saturated carbocycles. The van der Waals surface area contributed by atoms with Gasteiger partial charge in [0.1, 0.15) is 0 Å². The topological polar surface area (TPSA) is 25.2 Å². The Labute approximate surface area is 123 Å². The number of nitrogens with zero attached hydrogens (tertiary/aromatic N) is 1. The van der Waals surface area contributed by atoms with Gasteiger partial charge in [0, 0.05) is 24.0 Å². The Morgan fingerprint density at radius 2 is 2.15 bits per heavy atom. The van der Waals surface area contributed by atoms with Crippen LogP contribution in [0.3, 0.4) is 0 Å². The molecule has 3 unspecified atom stereocenters. The summed E-state index contributed by atoms with van der Waals surface area (Å²) >= 11 is 0. The van der Waals surface area contributed by atoms with Crippen molar-refractivity contribution in [2.75, 3.05) is 0 Å². The highest BCUT2D eigenvalue weighted by Gasteiger charge is 2.33. The largest absolute Gasteiger partial charge is 0.388 e. The lowest BCUT2D eigenvalue weighted by molar-refractivity contribution is 0.0973. The zero-order valence-electron chi connectivity index (χ0n) is 13.2. The molecule has 0 aliphatic heterocycles. The van der Waals surface area contributed by atoms with Gasteiger partial charge >= 0.3 is 0 Å². The Hall–Kier alpha value is -0.760. The Morgan fingerprint density at radius 3 is 2.90 bits per heavy atom. The Kier molecular flexibility index (Phi) is 3.70. The second-order valence-corrected chi connectivity index (χ2v) is 8.07. The summed E-state index contributed by atoms with van der Waals surface area (Å²) in [5.41, 5.74) is 2.81. The first-order valence-corrected chi connectivity index (χ1v) is 8.30. The number of aliphatic hydroxyl groups excluding tert-OH is 1. The first-order chi connectivity index (χ1) is 9.44. The van der Waals surface area contributed by atoms with Crippen molar-refractivity contribution >= 4 is 0 Å². The van der Waals surface area contributed by atoms with Crippen LogP contribution in [0.5, 0.6) is 0 Å². The van der Waals surface area contributed by atoms with Crippen LogP contribution in [0.4, 0.5) is 0 Å². The predicted octanol–water partition coefficient (Wildman–Crippen LogP) is 4.32. The highest BCUT2D eigenvalue weighted by atomic mass is 16.3. The summed E-state index contributed by atoms with van der Waals surface area (Å²) in [6.45, 7) is 8.10. The predicted molar refractivity (Wildman–Crippen MR) is 82.6 cm³/mol. The molecular formula is C18H29NO. The van der Waals surface area contributed by atoms with Gasteiger partial charge in [-0.1, -0.05) is 33.6 Å². The monoisotopic (exact) mass is 275 g/mol. The molecule has 1 N–H and O–H groups in total. The molecule has 2 aliphatic rings. The van der Waals surface area contributed by atoms with Gasteiger partial charge in [0.15, 0.2) is 0 Å². The average Bonchev–Trinajstić information content (AvgIpc) is 2.71. The molecule has 1 heterocycles. The first-order valence-electron chi connectivity index (χ1n) is 8.30. The van der Waals surface area contributed by atoms with Crippen molar-refractivity contribution < 1.29 is 5.11 Å². The van der Waals surface area contributed by atoms with Crippen LogP contribution < -0.4 is 0 Å². The third-order valence-corrected chi connectivity index (χ3v) is 5.36. The number of hydrogen-bond donors (Lipinski definition) is 1. The summed E-state index contributed by atoms with van der Waals surface area (Å²) in [5, 5.41) is 10.3. The molecule has 1 fully saturated rings. The summed E-state index contributed by atoms with van der Waals surface area (Å²) in [4.78, 5) is 0. The van der Waals surface area contributed by atoms with Gasteiger partial charge in [0.2, 0.25) is 0 Å². The molecule has 1 aromatic heterocycles. The van der Waals surface area contributed by atoms with Crippen molar-refractivity contribution in [3.8, 4) is 0 Å². The normalized spacial score (nSPS) is 32.9. The molecule has 1 aromatic rings. The molecule has 0 saturated heterocycles. The third-order valence-electron chi connectivity index (χ3n) is 5.36. The van der Waals surface area contributed by atoms with E-state index < -0.39 is 0 Å². The van der Waals surface area contributed by atoms with Crippen molar-refractivity contribution in [2.24, 2.45) is 17.3 Å². The molecule has 0 spiro atoms. The van der Waals surface area contributed by atoms with E-state index in [1.807, 2.05) is 0 Å². The fraction of sp³-hybridized carbons (Fsp3) is 0.778. The maximum absolute atomic E-state index is 10.3. The van der Waals surface area contributed by atoms with Crippen molar-refractivity contribution in [1.82, 2.24) is 4.57 Å². The van der Waals surface area contributed by atoms with Crippen LogP contribution in [0.15, 0.2) is 12.3 Å². The van der Waals surface area contributed by atoms with Gasteiger partial charge in [-0.2, -0.15) is 0 Å². The molecule has 20 heavy (non-hydrogen) atoms. The maximum Gasteiger partial charge on any atom is 0.0812 e. The van der Waals surface area contributed by atoms with Crippen LogP contribution in [0.2, 0.25) is 0 Å². The lowest BCUT2D eigenvalue weighted by Gasteiger charge is -2.35. The minimum absolute atomic E-state index is 0.225. The van der Waals surface area contributed by atoms with Gasteiger partial charge in [-0.15, -0.1) is 0 Å². The number of hydrogen-bond acceptors (Lipinski definition) is 1. The molecule has 3 rings (SSSR count). The van der Waals surface area contributed by atoms with Gasteiger partial charge in [0.05, 0.1) is 6.10 Å². The van der Waals surface area contributed by atoms with E-state index in [4.69, 9.17) is 0 Å². The van der Waals surface area contributed by atoms with Gasteiger partial charge in [-0.3, -0.25) is 0 Å². The van der Waals surface area contributed by atoms with Crippen LogP contribution in [-0.4, -0.2) is 9.67 Å². The lowest BCUT2D eigenvalue weighted by Crippen LogP contribution is -2.28. The fourth-order valence-corrected chi connectivity index (χ4v) is 4.36. The standard InChI is InChI=1S/C18H29NO/c1-13-5-4-6-14(9-13)12-19-8-7-15-16(19)10-18(2,3)11-17(15)20/h7-8,13-14,17,20H,4-6,9-12H2,1-3H3. The summed E-state index contributed by atoms with van der Waals surface area (Å²) in [7, 11) is 0. The Balaban J connectivity index is 1.78. The minimum Gasteiger partial charge on any atom is -0.388 e. The summed E-state index contributed by atoms with van der Waals surface area (Å²) in [6.07, 6.45) is 9.51. The van der Waals surface area contributed by atoms with E-state index in [0.29, 0.717) is 0 Å². The van der Waals surface area contributed by atoms with Crippen LogP contribution in [0.25, 0.3) is 0 Å². The van der Waals surface area contributed by atoms with Crippen molar-refractivity contribution in [1.29, 1.82) is 0 Å². The summed E-state index contributed by atoms with van der Waals surface area (Å²) in [6, 6.07) is 2.15. The van der Waals surface area contributed by atoms with Crippen LogP contribution >= 0.6 is 0 Å². The van der Waals surface area contributed by atoms with E-state index in [-0.39, 0.29) is 11.5 Å². The number of aliphatic hydroxyl groups is 1. The molecule has 2 aliphatic carbocycles. The van der Waals surface area contributed by atoms with Gasteiger partial charge in [0.25, 0.3) is 0 Å². The van der Waals surface area contributed by atoms with Gasteiger partial charge in [-0.25, -0.2) is 0 Å². The van der Waals surface area contributed by atoms with E-state index in [1.54, 1.807) is 0 Å².